The fourth-order valence-corrected chi connectivity index (χ4v) is 5.49. The number of carbonyl (C=O) groups excluding carboxylic acids is 1. The Morgan fingerprint density at radius 1 is 1.33 bits per heavy atom. The Kier molecular flexibility index (Phi) is 5.90. The minimum atomic E-state index is -0.0143. The zero-order valence-corrected chi connectivity index (χ0v) is 16.7. The monoisotopic (exact) mass is 388 g/mol. The van der Waals surface area contributed by atoms with Gasteiger partial charge in [-0.1, -0.05) is 12.8 Å². The number of hydrogen-bond acceptors (Lipinski definition) is 5. The zero-order chi connectivity index (χ0) is 18.6. The van der Waals surface area contributed by atoms with E-state index in [9.17, 15) is 4.79 Å². The lowest BCUT2D eigenvalue weighted by Crippen LogP contribution is -2.32. The Hall–Kier alpha value is -1.70. The number of thiophene rings is 1. The van der Waals surface area contributed by atoms with E-state index in [-0.39, 0.29) is 5.91 Å². The van der Waals surface area contributed by atoms with Crippen molar-refractivity contribution in [2.24, 2.45) is 0 Å². The van der Waals surface area contributed by atoms with Crippen LogP contribution in [0.15, 0.2) is 18.2 Å². The summed E-state index contributed by atoms with van der Waals surface area (Å²) in [5, 5.41) is 10.1. The molecule has 1 aliphatic carbocycles. The minimum Gasteiger partial charge on any atom is -0.378 e. The molecule has 1 aliphatic heterocycles. The van der Waals surface area contributed by atoms with Gasteiger partial charge in [-0.2, -0.15) is 5.10 Å². The number of methoxy groups -OCH3 is 1. The van der Waals surface area contributed by atoms with Crippen LogP contribution in [0.1, 0.15) is 70.5 Å². The number of nitrogens with zero attached hydrogens (tertiary/aromatic N) is 2. The van der Waals surface area contributed by atoms with Crippen LogP contribution >= 0.6 is 11.3 Å². The predicted molar refractivity (Wildman–Crippen MR) is 106 cm³/mol. The average Bonchev–Trinajstić information content (AvgIpc) is 3.46. The van der Waals surface area contributed by atoms with Crippen LogP contribution in [-0.4, -0.2) is 40.7 Å². The Balaban J connectivity index is 1.35. The van der Waals surface area contributed by atoms with Crippen molar-refractivity contribution >= 4 is 17.2 Å². The molecule has 3 heterocycles. The van der Waals surface area contributed by atoms with E-state index in [0.29, 0.717) is 19.2 Å². The van der Waals surface area contributed by atoms with Crippen LogP contribution in [0.4, 0.5) is 0 Å². The number of aromatic nitrogens is 2. The fourth-order valence-electron chi connectivity index (χ4n) is 4.41. The van der Waals surface area contributed by atoms with Gasteiger partial charge in [0.15, 0.2) is 0 Å². The van der Waals surface area contributed by atoms with E-state index in [1.807, 2.05) is 12.1 Å². The van der Waals surface area contributed by atoms with Crippen molar-refractivity contribution in [3.63, 3.8) is 0 Å². The van der Waals surface area contributed by atoms with Gasteiger partial charge in [-0.25, -0.2) is 0 Å². The molecule has 146 valence electrons. The first kappa shape index (κ1) is 18.7. The molecule has 2 N–H and O–H groups in total. The van der Waals surface area contributed by atoms with Gasteiger partial charge >= 0.3 is 0 Å². The summed E-state index contributed by atoms with van der Waals surface area (Å²) in [5.74, 6) is -0.0143. The van der Waals surface area contributed by atoms with E-state index in [1.54, 1.807) is 18.4 Å². The molecule has 4 rings (SSSR count). The van der Waals surface area contributed by atoms with Crippen LogP contribution in [0.3, 0.4) is 0 Å². The quantitative estimate of drug-likeness (QED) is 0.760. The zero-order valence-electron chi connectivity index (χ0n) is 15.9. The Morgan fingerprint density at radius 3 is 3.00 bits per heavy atom. The standard InChI is InChI=1S/C20H28N4O2S/c1-26-13-15-11-14(22-23-15)12-21-20(25)19-9-8-18(27-19)17-7-4-10-24(17)16-5-2-3-6-16/h8-9,11,16-17H,2-7,10,12-13H2,1H3,(H,21,25)(H,22,23)/t17-/m0/s1. The molecule has 27 heavy (non-hydrogen) atoms. The maximum atomic E-state index is 12.5. The van der Waals surface area contributed by atoms with Crippen LogP contribution in [0.2, 0.25) is 0 Å². The molecule has 2 aliphatic rings. The van der Waals surface area contributed by atoms with Crippen molar-refractivity contribution in [1.82, 2.24) is 20.4 Å². The smallest absolute Gasteiger partial charge is 0.261 e. The number of nitrogens with one attached hydrogen (secondary N) is 2. The number of carbonyl (C=O) groups is 1. The molecular formula is C20H28N4O2S. The molecule has 6 nitrogen and oxygen atoms in total. The van der Waals surface area contributed by atoms with E-state index in [0.717, 1.165) is 22.3 Å². The van der Waals surface area contributed by atoms with E-state index in [4.69, 9.17) is 4.74 Å². The first-order valence-corrected chi connectivity index (χ1v) is 10.7. The van der Waals surface area contributed by atoms with Crippen molar-refractivity contribution in [1.29, 1.82) is 0 Å². The second-order valence-corrected chi connectivity index (χ2v) is 8.65. The van der Waals surface area contributed by atoms with Crippen molar-refractivity contribution in [2.45, 2.75) is 63.8 Å². The van der Waals surface area contributed by atoms with Gasteiger partial charge in [-0.05, 0) is 50.4 Å². The lowest BCUT2D eigenvalue weighted by Gasteiger charge is -2.29. The molecule has 0 bridgehead atoms. The molecule has 1 amide bonds. The van der Waals surface area contributed by atoms with E-state index >= 15 is 0 Å². The summed E-state index contributed by atoms with van der Waals surface area (Å²) in [7, 11) is 1.64. The van der Waals surface area contributed by atoms with Crippen molar-refractivity contribution in [3.8, 4) is 0 Å². The second kappa shape index (κ2) is 8.54. The Bertz CT molecular complexity index is 766. The van der Waals surface area contributed by atoms with Gasteiger partial charge < -0.3 is 10.1 Å². The fraction of sp³-hybridized carbons (Fsp3) is 0.600. The molecular weight excluding hydrogens is 360 g/mol. The molecule has 7 heteroatoms. The second-order valence-electron chi connectivity index (χ2n) is 7.54. The van der Waals surface area contributed by atoms with Gasteiger partial charge in [0.25, 0.3) is 5.91 Å². The van der Waals surface area contributed by atoms with Gasteiger partial charge in [-0.15, -0.1) is 11.3 Å². The summed E-state index contributed by atoms with van der Waals surface area (Å²) in [6.45, 7) is 2.12. The van der Waals surface area contributed by atoms with Gasteiger partial charge in [0, 0.05) is 24.1 Å². The van der Waals surface area contributed by atoms with Gasteiger partial charge in [-0.3, -0.25) is 14.8 Å². The van der Waals surface area contributed by atoms with E-state index in [1.165, 1.54) is 49.9 Å². The Morgan fingerprint density at radius 2 is 2.19 bits per heavy atom. The van der Waals surface area contributed by atoms with Gasteiger partial charge in [0.05, 0.1) is 29.4 Å². The van der Waals surface area contributed by atoms with E-state index < -0.39 is 0 Å². The molecule has 2 fully saturated rings. The van der Waals surface area contributed by atoms with E-state index in [2.05, 4.69) is 26.5 Å². The predicted octanol–water partition coefficient (Wildman–Crippen LogP) is 3.63. The summed E-state index contributed by atoms with van der Waals surface area (Å²) in [5.41, 5.74) is 1.73. The third kappa shape index (κ3) is 4.25. The topological polar surface area (TPSA) is 70.2 Å². The summed E-state index contributed by atoms with van der Waals surface area (Å²) in [6, 6.07) is 7.30. The molecule has 1 atom stereocenters. The largest absolute Gasteiger partial charge is 0.378 e. The Labute approximate surface area is 164 Å². The highest BCUT2D eigenvalue weighted by Crippen LogP contribution is 2.40. The molecule has 0 unspecified atom stereocenters. The van der Waals surface area contributed by atoms with Crippen molar-refractivity contribution in [2.75, 3.05) is 13.7 Å². The average molecular weight is 389 g/mol. The van der Waals surface area contributed by atoms with Crippen LogP contribution in [-0.2, 0) is 17.9 Å². The number of H-pyrrole nitrogens is 1. The lowest BCUT2D eigenvalue weighted by molar-refractivity contribution is 0.0954. The highest BCUT2D eigenvalue weighted by molar-refractivity contribution is 7.14. The van der Waals surface area contributed by atoms with Gasteiger partial charge in [0.1, 0.15) is 0 Å². The number of amides is 1. The SMILES string of the molecule is COCc1cc(CNC(=O)c2ccc([C@@H]3CCCN3C3CCCC3)s2)[nH]n1. The maximum Gasteiger partial charge on any atom is 0.261 e. The molecule has 1 saturated carbocycles. The molecule has 2 aromatic rings. The minimum absolute atomic E-state index is 0.0143. The van der Waals surface area contributed by atoms with Crippen LogP contribution < -0.4 is 5.32 Å². The third-order valence-electron chi connectivity index (χ3n) is 5.68. The first-order valence-electron chi connectivity index (χ1n) is 9.90. The summed E-state index contributed by atoms with van der Waals surface area (Å²) < 4.78 is 5.06. The number of likely N-dealkylation sites (tertiary alicyclic amines) is 1. The number of rotatable bonds is 7. The van der Waals surface area contributed by atoms with Crippen LogP contribution in [0, 0.1) is 0 Å². The van der Waals surface area contributed by atoms with Crippen molar-refractivity contribution < 1.29 is 9.53 Å². The number of hydrogen-bond donors (Lipinski definition) is 2. The molecule has 0 radical (unpaired) electrons. The molecule has 0 spiro atoms. The normalized spacial score (nSPS) is 21.1. The number of aromatic amines is 1. The molecule has 2 aromatic heterocycles. The number of ether oxygens (including phenoxy) is 1. The van der Waals surface area contributed by atoms with Crippen molar-refractivity contribution in [3.05, 3.63) is 39.3 Å². The highest BCUT2D eigenvalue weighted by atomic mass is 32.1. The van der Waals surface area contributed by atoms with Gasteiger partial charge in [0.2, 0.25) is 0 Å². The molecule has 0 aromatic carbocycles. The summed E-state index contributed by atoms with van der Waals surface area (Å²) >= 11 is 1.65. The van der Waals surface area contributed by atoms with Crippen LogP contribution in [0.5, 0.6) is 0 Å². The maximum absolute atomic E-state index is 12.5. The third-order valence-corrected chi connectivity index (χ3v) is 6.87. The highest BCUT2D eigenvalue weighted by Gasteiger charge is 2.34. The van der Waals surface area contributed by atoms with Crippen LogP contribution in [0.25, 0.3) is 0 Å². The lowest BCUT2D eigenvalue weighted by atomic mass is 10.1. The summed E-state index contributed by atoms with van der Waals surface area (Å²) in [4.78, 5) is 17.4. The molecule has 1 saturated heterocycles. The summed E-state index contributed by atoms with van der Waals surface area (Å²) in [6.07, 6.45) is 7.89. The first-order chi connectivity index (χ1) is 13.2.